The third-order valence-electron chi connectivity index (χ3n) is 5.67. The number of fused-ring (bicyclic) bond motifs is 3. The molecule has 0 N–H and O–H groups in total. The first-order chi connectivity index (χ1) is 11.8. The fraction of sp³-hybridized carbons (Fsp3) is 0.444. The average molecular weight is 325 g/mol. The Hall–Kier alpha value is -2.34. The van der Waals surface area contributed by atoms with E-state index >= 15 is 0 Å². The summed E-state index contributed by atoms with van der Waals surface area (Å²) < 4.78 is 5.00. The van der Waals surface area contributed by atoms with Gasteiger partial charge in [-0.15, -0.1) is 0 Å². The fourth-order valence-electron chi connectivity index (χ4n) is 4.15. The van der Waals surface area contributed by atoms with Crippen molar-refractivity contribution in [2.75, 3.05) is 6.54 Å². The number of nitrogens with zero attached hydrogens (tertiary/aromatic N) is 3. The molecule has 124 valence electrons. The molecule has 2 aromatic rings. The largest absolute Gasteiger partial charge is 0.364 e. The zero-order chi connectivity index (χ0) is 16.1. The number of aromatic nitrogens is 1. The predicted octanol–water partition coefficient (Wildman–Crippen LogP) is 3.14. The lowest BCUT2D eigenvalue weighted by molar-refractivity contribution is -0.153. The van der Waals surface area contributed by atoms with E-state index in [2.05, 4.69) is 5.16 Å². The number of urea groups is 1. The van der Waals surface area contributed by atoms with E-state index in [1.165, 1.54) is 0 Å². The van der Waals surface area contributed by atoms with E-state index < -0.39 is 0 Å². The van der Waals surface area contributed by atoms with Crippen LogP contribution >= 0.6 is 0 Å². The van der Waals surface area contributed by atoms with Gasteiger partial charge in [0.05, 0.1) is 12.1 Å². The second-order valence-corrected chi connectivity index (χ2v) is 7.04. The van der Waals surface area contributed by atoms with Crippen molar-refractivity contribution in [3.8, 4) is 0 Å². The number of hydrogen-bond donors (Lipinski definition) is 0. The van der Waals surface area contributed by atoms with Crippen LogP contribution in [0.4, 0.5) is 4.79 Å². The summed E-state index contributed by atoms with van der Waals surface area (Å²) in [5, 5.41) is 5.70. The minimum atomic E-state index is -0.0484. The van der Waals surface area contributed by atoms with Crippen LogP contribution in [0.2, 0.25) is 0 Å². The molecule has 2 amide bonds. The van der Waals surface area contributed by atoms with Gasteiger partial charge in [-0.25, -0.2) is 4.79 Å². The lowest BCUT2D eigenvalue weighted by Crippen LogP contribution is -2.42. The number of hydrogen-bond acceptors (Lipinski definition) is 4. The molecular weight excluding hydrogens is 306 g/mol. The molecule has 2 atom stereocenters. The molecule has 3 fully saturated rings. The highest BCUT2D eigenvalue weighted by molar-refractivity contribution is 5.77. The summed E-state index contributed by atoms with van der Waals surface area (Å²) >= 11 is 0. The van der Waals surface area contributed by atoms with Crippen LogP contribution in [-0.2, 0) is 11.4 Å². The number of rotatable bonds is 4. The van der Waals surface area contributed by atoms with Gasteiger partial charge in [0.1, 0.15) is 18.6 Å². The van der Waals surface area contributed by atoms with Gasteiger partial charge >= 0.3 is 6.03 Å². The normalized spacial score (nSPS) is 27.1. The third-order valence-corrected chi connectivity index (χ3v) is 5.67. The summed E-state index contributed by atoms with van der Waals surface area (Å²) in [6, 6.07) is 11.9. The molecule has 1 aromatic heterocycles. The number of carbonyl (C=O) groups excluding carboxylic acids is 1. The number of benzene rings is 1. The monoisotopic (exact) mass is 325 g/mol. The third kappa shape index (κ3) is 2.06. The first-order valence-corrected chi connectivity index (χ1v) is 8.44. The van der Waals surface area contributed by atoms with Gasteiger partial charge in [-0.3, -0.25) is 4.84 Å². The van der Waals surface area contributed by atoms with Gasteiger partial charge in [-0.05, 0) is 30.2 Å². The lowest BCUT2D eigenvalue weighted by atomic mass is 9.84. The first kappa shape index (κ1) is 14.0. The van der Waals surface area contributed by atoms with Crippen LogP contribution in [0.15, 0.2) is 47.2 Å². The van der Waals surface area contributed by atoms with E-state index in [1.807, 2.05) is 41.3 Å². The van der Waals surface area contributed by atoms with Gasteiger partial charge in [-0.1, -0.05) is 35.5 Å². The highest BCUT2D eigenvalue weighted by Crippen LogP contribution is 2.61. The van der Waals surface area contributed by atoms with Crippen LogP contribution in [0, 0.1) is 5.41 Å². The molecule has 1 aromatic carbocycles. The standard InChI is InChI=1S/C18H19N3O3/c22-17-20-11-16(21(17)24-12-13-4-2-1-3-5-13)18(7-8-18)10-15(20)14-6-9-23-19-14/h1-6,9,15-16H,7-8,10-12H2/t15-,16-/m0/s1. The fourth-order valence-corrected chi connectivity index (χ4v) is 4.15. The van der Waals surface area contributed by atoms with E-state index in [9.17, 15) is 4.79 Å². The van der Waals surface area contributed by atoms with Gasteiger partial charge in [0.25, 0.3) is 0 Å². The number of hydroxylamine groups is 2. The molecule has 0 unspecified atom stereocenters. The van der Waals surface area contributed by atoms with E-state index in [4.69, 9.17) is 9.36 Å². The minimum Gasteiger partial charge on any atom is -0.364 e. The lowest BCUT2D eigenvalue weighted by Gasteiger charge is -2.35. The number of carbonyl (C=O) groups is 1. The Morgan fingerprint density at radius 3 is 2.79 bits per heavy atom. The molecule has 3 aliphatic rings. The maximum absolute atomic E-state index is 12.9. The van der Waals surface area contributed by atoms with Gasteiger partial charge in [0.2, 0.25) is 0 Å². The Balaban J connectivity index is 1.39. The Labute approximate surface area is 139 Å². The molecule has 5 rings (SSSR count). The number of piperidine rings is 1. The zero-order valence-electron chi connectivity index (χ0n) is 13.3. The topological polar surface area (TPSA) is 58.8 Å². The summed E-state index contributed by atoms with van der Waals surface area (Å²) in [6.07, 6.45) is 4.82. The van der Waals surface area contributed by atoms with Crippen molar-refractivity contribution in [3.05, 3.63) is 53.9 Å². The second-order valence-electron chi connectivity index (χ2n) is 7.04. The average Bonchev–Trinajstić information content (AvgIpc) is 3.07. The molecule has 0 radical (unpaired) electrons. The summed E-state index contributed by atoms with van der Waals surface area (Å²) in [4.78, 5) is 20.7. The molecule has 1 saturated carbocycles. The molecular formula is C18H19N3O3. The van der Waals surface area contributed by atoms with Crippen molar-refractivity contribution >= 4 is 6.03 Å². The zero-order valence-corrected chi connectivity index (χ0v) is 13.3. The minimum absolute atomic E-state index is 0.000301. The Kier molecular flexibility index (Phi) is 2.97. The maximum Gasteiger partial charge on any atom is 0.344 e. The predicted molar refractivity (Wildman–Crippen MR) is 84.5 cm³/mol. The van der Waals surface area contributed by atoms with Crippen molar-refractivity contribution in [2.24, 2.45) is 5.41 Å². The summed E-state index contributed by atoms with van der Waals surface area (Å²) in [7, 11) is 0. The molecule has 24 heavy (non-hydrogen) atoms. The van der Waals surface area contributed by atoms with Crippen LogP contribution < -0.4 is 0 Å². The van der Waals surface area contributed by atoms with Crippen LogP contribution in [-0.4, -0.2) is 33.7 Å². The maximum atomic E-state index is 12.9. The molecule has 6 heteroatoms. The molecule has 1 spiro atoms. The van der Waals surface area contributed by atoms with Gasteiger partial charge in [0, 0.05) is 12.6 Å². The number of amides is 2. The van der Waals surface area contributed by atoms with E-state index in [0.717, 1.165) is 30.5 Å². The van der Waals surface area contributed by atoms with Crippen molar-refractivity contribution in [1.29, 1.82) is 0 Å². The summed E-state index contributed by atoms with van der Waals surface area (Å²) in [6.45, 7) is 1.13. The summed E-state index contributed by atoms with van der Waals surface area (Å²) in [5.74, 6) is 0. The quantitative estimate of drug-likeness (QED) is 0.866. The highest BCUT2D eigenvalue weighted by Gasteiger charge is 2.63. The van der Waals surface area contributed by atoms with E-state index in [-0.39, 0.29) is 23.5 Å². The van der Waals surface area contributed by atoms with Crippen molar-refractivity contribution in [1.82, 2.24) is 15.1 Å². The van der Waals surface area contributed by atoms with Crippen LogP contribution in [0.25, 0.3) is 0 Å². The molecule has 3 heterocycles. The van der Waals surface area contributed by atoms with Crippen LogP contribution in [0.5, 0.6) is 0 Å². The highest BCUT2D eigenvalue weighted by atomic mass is 16.7. The SMILES string of the molecule is O=C1N2C[C@H](N1OCc1ccccc1)C1(CC1)C[C@H]2c1ccon1. The van der Waals surface area contributed by atoms with Crippen molar-refractivity contribution in [2.45, 2.75) is 38.0 Å². The smallest absolute Gasteiger partial charge is 0.344 e. The Morgan fingerprint density at radius 2 is 2.08 bits per heavy atom. The summed E-state index contributed by atoms with van der Waals surface area (Å²) in [5.41, 5.74) is 2.10. The molecule has 6 nitrogen and oxygen atoms in total. The first-order valence-electron chi connectivity index (χ1n) is 8.44. The van der Waals surface area contributed by atoms with Gasteiger partial charge in [0.15, 0.2) is 0 Å². The van der Waals surface area contributed by atoms with E-state index in [0.29, 0.717) is 13.2 Å². The van der Waals surface area contributed by atoms with Crippen LogP contribution in [0.3, 0.4) is 0 Å². The molecule has 1 aliphatic carbocycles. The van der Waals surface area contributed by atoms with Gasteiger partial charge < -0.3 is 9.42 Å². The molecule has 2 aliphatic heterocycles. The Bertz CT molecular complexity index is 742. The molecule has 2 saturated heterocycles. The van der Waals surface area contributed by atoms with Crippen molar-refractivity contribution in [3.63, 3.8) is 0 Å². The van der Waals surface area contributed by atoms with Gasteiger partial charge in [-0.2, -0.15) is 5.06 Å². The Morgan fingerprint density at radius 1 is 1.25 bits per heavy atom. The second kappa shape index (κ2) is 5.08. The molecule has 2 bridgehead atoms. The van der Waals surface area contributed by atoms with E-state index in [1.54, 1.807) is 11.3 Å². The van der Waals surface area contributed by atoms with Crippen molar-refractivity contribution < 1.29 is 14.2 Å². The van der Waals surface area contributed by atoms with Crippen LogP contribution in [0.1, 0.15) is 36.6 Å².